The van der Waals surface area contributed by atoms with E-state index in [9.17, 15) is 4.79 Å². The molecule has 0 aromatic carbocycles. The summed E-state index contributed by atoms with van der Waals surface area (Å²) in [6.45, 7) is 3.01. The van der Waals surface area contributed by atoms with E-state index in [0.717, 1.165) is 19.4 Å². The Labute approximate surface area is 85.1 Å². The summed E-state index contributed by atoms with van der Waals surface area (Å²) in [5.41, 5.74) is 0. The van der Waals surface area contributed by atoms with Crippen LogP contribution in [0.5, 0.6) is 0 Å². The van der Waals surface area contributed by atoms with E-state index in [2.05, 4.69) is 11.8 Å². The van der Waals surface area contributed by atoms with E-state index in [1.54, 1.807) is 0 Å². The van der Waals surface area contributed by atoms with Crippen LogP contribution in [0.15, 0.2) is 0 Å². The highest BCUT2D eigenvalue weighted by Crippen LogP contribution is 2.32. The van der Waals surface area contributed by atoms with E-state index in [4.69, 9.17) is 5.11 Å². The Hall–Kier alpha value is -0.570. The second-order valence-corrected chi connectivity index (χ2v) is 4.74. The van der Waals surface area contributed by atoms with Gasteiger partial charge in [-0.15, -0.1) is 0 Å². The van der Waals surface area contributed by atoms with Crippen LogP contribution in [0, 0.1) is 5.92 Å². The lowest BCUT2D eigenvalue weighted by Crippen LogP contribution is -2.51. The highest BCUT2D eigenvalue weighted by atomic mass is 16.4. The van der Waals surface area contributed by atoms with Crippen LogP contribution in [0.2, 0.25) is 0 Å². The number of carboxylic acids is 1. The SMILES string of the molecule is CC1CCC(C(=O)O)CN1C1CCC1. The van der Waals surface area contributed by atoms with Gasteiger partial charge in [0, 0.05) is 18.6 Å². The average Bonchev–Trinajstić information content (AvgIpc) is 2.05. The predicted octanol–water partition coefficient (Wildman–Crippen LogP) is 1.72. The number of aliphatic carboxylic acids is 1. The first-order valence-corrected chi connectivity index (χ1v) is 5.67. The van der Waals surface area contributed by atoms with E-state index in [-0.39, 0.29) is 5.92 Å². The molecule has 1 aliphatic carbocycles. The smallest absolute Gasteiger partial charge is 0.307 e. The lowest BCUT2D eigenvalue weighted by Gasteiger charge is -2.45. The van der Waals surface area contributed by atoms with E-state index in [0.29, 0.717) is 12.1 Å². The van der Waals surface area contributed by atoms with Crippen molar-refractivity contribution < 1.29 is 9.90 Å². The van der Waals surface area contributed by atoms with Gasteiger partial charge in [-0.25, -0.2) is 0 Å². The molecule has 0 bridgehead atoms. The molecule has 0 radical (unpaired) electrons. The van der Waals surface area contributed by atoms with Crippen LogP contribution < -0.4 is 0 Å². The third-order valence-electron chi connectivity index (χ3n) is 3.82. The molecule has 3 heteroatoms. The van der Waals surface area contributed by atoms with Gasteiger partial charge >= 0.3 is 5.97 Å². The van der Waals surface area contributed by atoms with Crippen LogP contribution in [-0.2, 0) is 4.79 Å². The summed E-state index contributed by atoms with van der Waals surface area (Å²) in [6, 6.07) is 1.28. The maximum atomic E-state index is 10.9. The normalized spacial score (nSPS) is 35.2. The number of carboxylic acid groups (broad SMARTS) is 1. The largest absolute Gasteiger partial charge is 0.481 e. The van der Waals surface area contributed by atoms with Crippen LogP contribution in [0.3, 0.4) is 0 Å². The molecule has 1 N–H and O–H groups in total. The van der Waals surface area contributed by atoms with Crippen molar-refractivity contribution in [2.24, 2.45) is 5.92 Å². The van der Waals surface area contributed by atoms with Crippen molar-refractivity contribution in [3.05, 3.63) is 0 Å². The summed E-state index contributed by atoms with van der Waals surface area (Å²) < 4.78 is 0. The maximum Gasteiger partial charge on any atom is 0.307 e. The molecule has 2 atom stereocenters. The highest BCUT2D eigenvalue weighted by molar-refractivity contribution is 5.70. The third kappa shape index (κ3) is 1.78. The monoisotopic (exact) mass is 197 g/mol. The van der Waals surface area contributed by atoms with Gasteiger partial charge in [-0.2, -0.15) is 0 Å². The Balaban J connectivity index is 1.95. The average molecular weight is 197 g/mol. The van der Waals surface area contributed by atoms with Crippen molar-refractivity contribution >= 4 is 5.97 Å². The van der Waals surface area contributed by atoms with Gasteiger partial charge in [0.25, 0.3) is 0 Å². The molecule has 0 spiro atoms. The molecule has 2 aliphatic rings. The summed E-state index contributed by atoms with van der Waals surface area (Å²) in [6.07, 6.45) is 5.78. The van der Waals surface area contributed by atoms with Crippen LogP contribution in [0.1, 0.15) is 39.0 Å². The van der Waals surface area contributed by atoms with E-state index in [1.165, 1.54) is 19.3 Å². The topological polar surface area (TPSA) is 40.5 Å². The van der Waals surface area contributed by atoms with Crippen LogP contribution in [0.4, 0.5) is 0 Å². The van der Waals surface area contributed by atoms with Crippen molar-refractivity contribution in [1.29, 1.82) is 0 Å². The molecule has 2 rings (SSSR count). The minimum Gasteiger partial charge on any atom is -0.481 e. The molecule has 1 saturated heterocycles. The quantitative estimate of drug-likeness (QED) is 0.732. The number of hydrogen-bond donors (Lipinski definition) is 1. The first-order chi connectivity index (χ1) is 6.68. The zero-order valence-corrected chi connectivity index (χ0v) is 8.78. The molecule has 14 heavy (non-hydrogen) atoms. The summed E-state index contributed by atoms with van der Waals surface area (Å²) in [4.78, 5) is 13.3. The van der Waals surface area contributed by atoms with Crippen molar-refractivity contribution in [2.75, 3.05) is 6.54 Å². The Morgan fingerprint density at radius 1 is 1.29 bits per heavy atom. The van der Waals surface area contributed by atoms with Gasteiger partial charge in [0.2, 0.25) is 0 Å². The number of hydrogen-bond acceptors (Lipinski definition) is 2. The maximum absolute atomic E-state index is 10.9. The minimum absolute atomic E-state index is 0.119. The fraction of sp³-hybridized carbons (Fsp3) is 0.909. The lowest BCUT2D eigenvalue weighted by molar-refractivity contribution is -0.145. The Morgan fingerprint density at radius 2 is 2.00 bits per heavy atom. The number of piperidine rings is 1. The third-order valence-corrected chi connectivity index (χ3v) is 3.82. The molecular weight excluding hydrogens is 178 g/mol. The number of rotatable bonds is 2. The molecule has 0 aromatic heterocycles. The number of nitrogens with zero attached hydrogens (tertiary/aromatic N) is 1. The summed E-state index contributed by atoms with van der Waals surface area (Å²) in [5.74, 6) is -0.729. The van der Waals surface area contributed by atoms with E-state index >= 15 is 0 Å². The van der Waals surface area contributed by atoms with Gasteiger partial charge in [-0.3, -0.25) is 9.69 Å². The number of carbonyl (C=O) groups is 1. The Morgan fingerprint density at radius 3 is 2.50 bits per heavy atom. The second-order valence-electron chi connectivity index (χ2n) is 4.74. The first kappa shape index (κ1) is 9.97. The van der Waals surface area contributed by atoms with Gasteiger partial charge < -0.3 is 5.11 Å². The van der Waals surface area contributed by atoms with Gasteiger partial charge in [0.15, 0.2) is 0 Å². The summed E-state index contributed by atoms with van der Waals surface area (Å²) in [7, 11) is 0. The van der Waals surface area contributed by atoms with Gasteiger partial charge in [0.1, 0.15) is 0 Å². The molecule has 1 aliphatic heterocycles. The van der Waals surface area contributed by atoms with E-state index in [1.807, 2.05) is 0 Å². The molecule has 0 amide bonds. The van der Waals surface area contributed by atoms with Crippen LogP contribution >= 0.6 is 0 Å². The van der Waals surface area contributed by atoms with Gasteiger partial charge in [-0.1, -0.05) is 6.42 Å². The lowest BCUT2D eigenvalue weighted by atomic mass is 9.85. The Kier molecular flexibility index (Phi) is 2.77. The summed E-state index contributed by atoms with van der Waals surface area (Å²) >= 11 is 0. The van der Waals surface area contributed by atoms with Crippen molar-refractivity contribution in [2.45, 2.75) is 51.1 Å². The molecule has 2 fully saturated rings. The Bertz CT molecular complexity index is 223. The van der Waals surface area contributed by atoms with Crippen molar-refractivity contribution in [1.82, 2.24) is 4.90 Å². The van der Waals surface area contributed by atoms with Crippen molar-refractivity contribution in [3.8, 4) is 0 Å². The van der Waals surface area contributed by atoms with E-state index < -0.39 is 5.97 Å². The fourth-order valence-electron chi connectivity index (χ4n) is 2.56. The van der Waals surface area contributed by atoms with Crippen LogP contribution in [0.25, 0.3) is 0 Å². The molecule has 3 nitrogen and oxygen atoms in total. The van der Waals surface area contributed by atoms with Gasteiger partial charge in [0.05, 0.1) is 5.92 Å². The predicted molar refractivity (Wildman–Crippen MR) is 54.2 cm³/mol. The zero-order valence-electron chi connectivity index (χ0n) is 8.78. The first-order valence-electron chi connectivity index (χ1n) is 5.67. The molecule has 0 aromatic rings. The minimum atomic E-state index is -0.610. The molecule has 2 unspecified atom stereocenters. The zero-order chi connectivity index (χ0) is 10.1. The summed E-state index contributed by atoms with van der Waals surface area (Å²) in [5, 5.41) is 8.99. The number of likely N-dealkylation sites (tertiary alicyclic amines) is 1. The van der Waals surface area contributed by atoms with Gasteiger partial charge in [-0.05, 0) is 32.6 Å². The second kappa shape index (κ2) is 3.89. The van der Waals surface area contributed by atoms with Crippen LogP contribution in [-0.4, -0.2) is 34.6 Å². The standard InChI is InChI=1S/C11H19NO2/c1-8-5-6-9(11(13)14)7-12(8)10-3-2-4-10/h8-10H,2-7H2,1H3,(H,13,14). The molecule has 1 heterocycles. The highest BCUT2D eigenvalue weighted by Gasteiger charge is 2.35. The molecule has 80 valence electrons. The fourth-order valence-corrected chi connectivity index (χ4v) is 2.56. The van der Waals surface area contributed by atoms with Crippen molar-refractivity contribution in [3.63, 3.8) is 0 Å². The molecule has 1 saturated carbocycles. The molecular formula is C11H19NO2.